The Morgan fingerprint density at radius 1 is 1.37 bits per heavy atom. The molecule has 1 atom stereocenters. The molecular weight excluding hydrogens is 312 g/mol. The van der Waals surface area contributed by atoms with Crippen molar-refractivity contribution in [2.45, 2.75) is 19.9 Å². The first kappa shape index (κ1) is 15.5. The number of nitrogens with two attached hydrogens (primary N) is 1. The van der Waals surface area contributed by atoms with Crippen molar-refractivity contribution >= 4 is 33.5 Å². The standard InChI is InChI=1S/C13H17BrN2O3/c1-7(2)11(13(18)19-3)16-12(17)9-6-8(15)4-5-10(9)14/h4-7,11H,15H2,1-3H3,(H,16,17). The van der Waals surface area contributed by atoms with E-state index in [0.717, 1.165) is 0 Å². The van der Waals surface area contributed by atoms with Gasteiger partial charge < -0.3 is 15.8 Å². The monoisotopic (exact) mass is 328 g/mol. The number of benzene rings is 1. The number of carbonyl (C=O) groups is 2. The van der Waals surface area contributed by atoms with E-state index in [0.29, 0.717) is 15.7 Å². The number of carbonyl (C=O) groups excluding carboxylic acids is 2. The molecule has 5 nitrogen and oxygen atoms in total. The molecule has 3 N–H and O–H groups in total. The normalized spacial score (nSPS) is 12.1. The number of methoxy groups -OCH3 is 1. The third-order valence-corrected chi connectivity index (χ3v) is 3.33. The molecule has 0 fully saturated rings. The lowest BCUT2D eigenvalue weighted by molar-refractivity contribution is -0.144. The van der Waals surface area contributed by atoms with Crippen molar-refractivity contribution in [3.8, 4) is 0 Å². The van der Waals surface area contributed by atoms with Crippen LogP contribution in [0.3, 0.4) is 0 Å². The van der Waals surface area contributed by atoms with Gasteiger partial charge in [0.25, 0.3) is 5.91 Å². The second-order valence-corrected chi connectivity index (χ2v) is 5.31. The van der Waals surface area contributed by atoms with Crippen LogP contribution in [-0.2, 0) is 9.53 Å². The van der Waals surface area contributed by atoms with E-state index in [1.54, 1.807) is 18.2 Å². The highest BCUT2D eigenvalue weighted by molar-refractivity contribution is 9.10. The van der Waals surface area contributed by atoms with Crippen molar-refractivity contribution in [1.29, 1.82) is 0 Å². The van der Waals surface area contributed by atoms with Gasteiger partial charge in [-0.05, 0) is 40.0 Å². The molecule has 1 aromatic rings. The molecule has 0 saturated carbocycles. The first-order valence-corrected chi connectivity index (χ1v) is 6.59. The number of esters is 1. The predicted octanol–water partition coefficient (Wildman–Crippen LogP) is 1.96. The summed E-state index contributed by atoms with van der Waals surface area (Å²) in [6.07, 6.45) is 0. The highest BCUT2D eigenvalue weighted by Crippen LogP contribution is 2.20. The number of rotatable bonds is 4. The van der Waals surface area contributed by atoms with Gasteiger partial charge >= 0.3 is 5.97 Å². The van der Waals surface area contributed by atoms with Gasteiger partial charge in [-0.25, -0.2) is 4.79 Å². The minimum absolute atomic E-state index is 0.0729. The minimum atomic E-state index is -0.689. The van der Waals surface area contributed by atoms with Crippen LogP contribution in [0.1, 0.15) is 24.2 Å². The van der Waals surface area contributed by atoms with E-state index in [-0.39, 0.29) is 11.8 Å². The van der Waals surface area contributed by atoms with E-state index >= 15 is 0 Å². The zero-order valence-corrected chi connectivity index (χ0v) is 12.7. The van der Waals surface area contributed by atoms with E-state index in [1.807, 2.05) is 13.8 Å². The molecule has 0 bridgehead atoms. The zero-order valence-electron chi connectivity index (χ0n) is 11.1. The second kappa shape index (κ2) is 6.56. The SMILES string of the molecule is COC(=O)C(NC(=O)c1cc(N)ccc1Br)C(C)C. The van der Waals surface area contributed by atoms with Crippen LogP contribution in [0.5, 0.6) is 0 Å². The molecule has 0 aliphatic heterocycles. The van der Waals surface area contributed by atoms with E-state index in [2.05, 4.69) is 26.0 Å². The fourth-order valence-corrected chi connectivity index (χ4v) is 1.99. The van der Waals surface area contributed by atoms with Crippen LogP contribution in [0, 0.1) is 5.92 Å². The Balaban J connectivity index is 2.94. The Hall–Kier alpha value is -1.56. The Kier molecular flexibility index (Phi) is 5.35. The number of ether oxygens (including phenoxy) is 1. The molecule has 0 aliphatic carbocycles. The number of nitrogen functional groups attached to an aromatic ring is 1. The van der Waals surface area contributed by atoms with E-state index in [9.17, 15) is 9.59 Å². The van der Waals surface area contributed by atoms with E-state index < -0.39 is 12.0 Å². The highest BCUT2D eigenvalue weighted by atomic mass is 79.9. The van der Waals surface area contributed by atoms with E-state index in [4.69, 9.17) is 5.73 Å². The molecule has 6 heteroatoms. The van der Waals surface area contributed by atoms with Crippen LogP contribution in [0.25, 0.3) is 0 Å². The number of hydrogen-bond acceptors (Lipinski definition) is 4. The molecule has 0 aromatic heterocycles. The second-order valence-electron chi connectivity index (χ2n) is 4.46. The zero-order chi connectivity index (χ0) is 14.6. The summed E-state index contributed by atoms with van der Waals surface area (Å²) in [5.74, 6) is -0.914. The topological polar surface area (TPSA) is 81.4 Å². The van der Waals surface area contributed by atoms with Gasteiger partial charge in [-0.3, -0.25) is 4.79 Å². The van der Waals surface area contributed by atoms with Crippen LogP contribution in [0.15, 0.2) is 22.7 Å². The van der Waals surface area contributed by atoms with Gasteiger partial charge in [-0.2, -0.15) is 0 Å². The number of hydrogen-bond donors (Lipinski definition) is 2. The molecule has 104 valence electrons. The molecule has 1 aromatic carbocycles. The molecule has 0 radical (unpaired) electrons. The van der Waals surface area contributed by atoms with Gasteiger partial charge in [-0.1, -0.05) is 13.8 Å². The number of anilines is 1. The summed E-state index contributed by atoms with van der Waals surface area (Å²) in [6.45, 7) is 3.66. The third-order valence-electron chi connectivity index (χ3n) is 2.64. The molecule has 1 rings (SSSR count). The largest absolute Gasteiger partial charge is 0.467 e. The maximum atomic E-state index is 12.1. The first-order valence-electron chi connectivity index (χ1n) is 5.80. The Morgan fingerprint density at radius 3 is 2.53 bits per heavy atom. The van der Waals surface area contributed by atoms with Crippen molar-refractivity contribution < 1.29 is 14.3 Å². The molecule has 0 spiro atoms. The Bertz CT molecular complexity index is 489. The van der Waals surface area contributed by atoms with Crippen LogP contribution in [0.4, 0.5) is 5.69 Å². The predicted molar refractivity (Wildman–Crippen MR) is 76.7 cm³/mol. The smallest absolute Gasteiger partial charge is 0.328 e. The quantitative estimate of drug-likeness (QED) is 0.654. The summed E-state index contributed by atoms with van der Waals surface area (Å²) in [4.78, 5) is 23.7. The van der Waals surface area contributed by atoms with E-state index in [1.165, 1.54) is 7.11 Å². The summed E-state index contributed by atoms with van der Waals surface area (Å²) in [5.41, 5.74) is 6.51. The van der Waals surface area contributed by atoms with Crippen molar-refractivity contribution in [3.63, 3.8) is 0 Å². The molecule has 0 saturated heterocycles. The molecular formula is C13H17BrN2O3. The lowest BCUT2D eigenvalue weighted by Crippen LogP contribution is -2.45. The molecule has 0 heterocycles. The fourth-order valence-electron chi connectivity index (χ4n) is 1.56. The van der Waals surface area contributed by atoms with Crippen LogP contribution >= 0.6 is 15.9 Å². The number of amides is 1. The van der Waals surface area contributed by atoms with Crippen molar-refractivity contribution in [3.05, 3.63) is 28.2 Å². The van der Waals surface area contributed by atoms with Crippen LogP contribution in [0.2, 0.25) is 0 Å². The molecule has 1 amide bonds. The van der Waals surface area contributed by atoms with Gasteiger partial charge in [-0.15, -0.1) is 0 Å². The average Bonchev–Trinajstić information content (AvgIpc) is 2.37. The molecule has 0 aliphatic rings. The Labute approximate surface area is 120 Å². The highest BCUT2D eigenvalue weighted by Gasteiger charge is 2.26. The fraction of sp³-hybridized carbons (Fsp3) is 0.385. The maximum absolute atomic E-state index is 12.1. The van der Waals surface area contributed by atoms with Gasteiger partial charge in [0.2, 0.25) is 0 Å². The Morgan fingerprint density at radius 2 is 2.00 bits per heavy atom. The summed E-state index contributed by atoms with van der Waals surface area (Å²) in [6, 6.07) is 4.23. The van der Waals surface area contributed by atoms with Crippen molar-refractivity contribution in [2.24, 2.45) is 5.92 Å². The molecule has 1 unspecified atom stereocenters. The summed E-state index contributed by atoms with van der Waals surface area (Å²) >= 11 is 3.28. The van der Waals surface area contributed by atoms with Crippen LogP contribution in [-0.4, -0.2) is 25.0 Å². The molecule has 19 heavy (non-hydrogen) atoms. The van der Waals surface area contributed by atoms with Crippen LogP contribution < -0.4 is 11.1 Å². The van der Waals surface area contributed by atoms with Gasteiger partial charge in [0.1, 0.15) is 6.04 Å². The summed E-state index contributed by atoms with van der Waals surface area (Å²) < 4.78 is 5.29. The maximum Gasteiger partial charge on any atom is 0.328 e. The summed E-state index contributed by atoms with van der Waals surface area (Å²) in [5, 5.41) is 2.65. The lowest BCUT2D eigenvalue weighted by atomic mass is 10.0. The minimum Gasteiger partial charge on any atom is -0.467 e. The average molecular weight is 329 g/mol. The van der Waals surface area contributed by atoms with Gasteiger partial charge in [0.05, 0.1) is 12.7 Å². The lowest BCUT2D eigenvalue weighted by Gasteiger charge is -2.20. The third kappa shape index (κ3) is 3.96. The first-order chi connectivity index (χ1) is 8.86. The van der Waals surface area contributed by atoms with Crippen molar-refractivity contribution in [1.82, 2.24) is 5.32 Å². The van der Waals surface area contributed by atoms with Gasteiger partial charge in [0, 0.05) is 10.2 Å². The summed E-state index contributed by atoms with van der Waals surface area (Å²) in [7, 11) is 1.29. The van der Waals surface area contributed by atoms with Gasteiger partial charge in [0.15, 0.2) is 0 Å². The van der Waals surface area contributed by atoms with Crippen molar-refractivity contribution in [2.75, 3.05) is 12.8 Å². The number of nitrogens with one attached hydrogen (secondary N) is 1. The number of halogens is 1.